The Hall–Kier alpha value is -2.17. The van der Waals surface area contributed by atoms with Crippen LogP contribution in [0.15, 0.2) is 30.3 Å². The molecule has 5 nitrogen and oxygen atoms in total. The Morgan fingerprint density at radius 1 is 1.12 bits per heavy atom. The van der Waals surface area contributed by atoms with Crippen molar-refractivity contribution in [2.45, 2.75) is 32.1 Å². The van der Waals surface area contributed by atoms with Crippen molar-refractivity contribution in [1.82, 2.24) is 0 Å². The number of fused-ring (bicyclic) bond motifs is 2. The van der Waals surface area contributed by atoms with Crippen LogP contribution in [0.25, 0.3) is 0 Å². The maximum Gasteiger partial charge on any atom is 0.309 e. The van der Waals surface area contributed by atoms with Gasteiger partial charge in [0.05, 0.1) is 5.92 Å². The Morgan fingerprint density at radius 3 is 2.38 bits per heavy atom. The van der Waals surface area contributed by atoms with Crippen molar-refractivity contribution in [2.24, 2.45) is 17.8 Å². The molecule has 0 spiro atoms. The van der Waals surface area contributed by atoms with Gasteiger partial charge in [-0.05, 0) is 37.8 Å². The number of Topliss-reactive ketones (excluding diaryl/α,β-unsaturated/α-hetero) is 1. The van der Waals surface area contributed by atoms with Crippen LogP contribution < -0.4 is 4.90 Å². The summed E-state index contributed by atoms with van der Waals surface area (Å²) >= 11 is 0. The first kappa shape index (κ1) is 16.7. The number of ketones is 1. The van der Waals surface area contributed by atoms with Gasteiger partial charge in [-0.15, -0.1) is 0 Å². The lowest BCUT2D eigenvalue weighted by Crippen LogP contribution is -2.40. The number of amides is 1. The van der Waals surface area contributed by atoms with Crippen molar-refractivity contribution in [3.05, 3.63) is 30.3 Å². The highest BCUT2D eigenvalue weighted by atomic mass is 16.5. The normalized spacial score (nSPS) is 25.9. The Balaban J connectivity index is 1.52. The van der Waals surface area contributed by atoms with Gasteiger partial charge in [0.15, 0.2) is 6.61 Å². The summed E-state index contributed by atoms with van der Waals surface area (Å²) in [5, 5.41) is 0. The SMILES string of the molecule is CN(C(=O)COC(=O)C1C[C@H]2CCC[C@@H](C1)C2=O)c1ccccc1. The molecule has 128 valence electrons. The Bertz CT molecular complexity index is 612. The number of carbonyl (C=O) groups is 3. The van der Waals surface area contributed by atoms with E-state index in [-0.39, 0.29) is 36.2 Å². The summed E-state index contributed by atoms with van der Waals surface area (Å²) < 4.78 is 5.24. The number of hydrogen-bond donors (Lipinski definition) is 0. The zero-order valence-corrected chi connectivity index (χ0v) is 13.9. The zero-order valence-electron chi connectivity index (χ0n) is 13.9. The number of anilines is 1. The first-order valence-electron chi connectivity index (χ1n) is 8.58. The predicted octanol–water partition coefficient (Wildman–Crippen LogP) is 2.59. The van der Waals surface area contributed by atoms with E-state index in [1.165, 1.54) is 4.90 Å². The fraction of sp³-hybridized carbons (Fsp3) is 0.526. The summed E-state index contributed by atoms with van der Waals surface area (Å²) in [7, 11) is 1.66. The summed E-state index contributed by atoms with van der Waals surface area (Å²) in [5.41, 5.74) is 0.761. The molecule has 3 rings (SSSR count). The smallest absolute Gasteiger partial charge is 0.309 e. The van der Waals surface area contributed by atoms with Gasteiger partial charge in [-0.3, -0.25) is 14.4 Å². The van der Waals surface area contributed by atoms with E-state index in [1.54, 1.807) is 7.05 Å². The molecule has 0 radical (unpaired) electrons. The third-order valence-electron chi connectivity index (χ3n) is 5.24. The molecular weight excluding hydrogens is 306 g/mol. The van der Waals surface area contributed by atoms with E-state index in [0.717, 1.165) is 24.9 Å². The number of likely N-dealkylation sites (N-methyl/N-ethyl adjacent to an activating group) is 1. The molecule has 0 aromatic heterocycles. The van der Waals surface area contributed by atoms with E-state index >= 15 is 0 Å². The zero-order chi connectivity index (χ0) is 17.1. The first-order chi connectivity index (χ1) is 11.6. The molecular formula is C19H23NO4. The third-order valence-corrected chi connectivity index (χ3v) is 5.24. The number of para-hydroxylation sites is 1. The van der Waals surface area contributed by atoms with Crippen LogP contribution in [0, 0.1) is 17.8 Å². The number of esters is 1. The van der Waals surface area contributed by atoms with Crippen molar-refractivity contribution >= 4 is 23.3 Å². The highest BCUT2D eigenvalue weighted by Gasteiger charge is 2.41. The molecule has 1 amide bonds. The summed E-state index contributed by atoms with van der Waals surface area (Å²) in [4.78, 5) is 38.0. The van der Waals surface area contributed by atoms with E-state index < -0.39 is 0 Å². The molecule has 2 saturated carbocycles. The molecule has 0 N–H and O–H groups in total. The van der Waals surface area contributed by atoms with Crippen LogP contribution in [0.2, 0.25) is 0 Å². The van der Waals surface area contributed by atoms with E-state index in [1.807, 2.05) is 30.3 Å². The number of ether oxygens (including phenoxy) is 1. The van der Waals surface area contributed by atoms with Crippen LogP contribution in [-0.4, -0.2) is 31.3 Å². The highest BCUT2D eigenvalue weighted by Crippen LogP contribution is 2.40. The van der Waals surface area contributed by atoms with E-state index in [4.69, 9.17) is 4.74 Å². The van der Waals surface area contributed by atoms with Crippen molar-refractivity contribution < 1.29 is 19.1 Å². The maximum atomic E-state index is 12.3. The van der Waals surface area contributed by atoms with Crippen LogP contribution in [-0.2, 0) is 19.1 Å². The first-order valence-corrected chi connectivity index (χ1v) is 8.58. The second-order valence-electron chi connectivity index (χ2n) is 6.79. The van der Waals surface area contributed by atoms with Crippen molar-refractivity contribution in [2.75, 3.05) is 18.6 Å². The molecule has 1 unspecified atom stereocenters. The van der Waals surface area contributed by atoms with Crippen molar-refractivity contribution in [3.63, 3.8) is 0 Å². The van der Waals surface area contributed by atoms with Crippen LogP contribution >= 0.6 is 0 Å². The number of benzene rings is 1. The van der Waals surface area contributed by atoms with Gasteiger partial charge in [0.25, 0.3) is 5.91 Å². The highest BCUT2D eigenvalue weighted by molar-refractivity contribution is 5.95. The van der Waals surface area contributed by atoms with Crippen LogP contribution in [0.3, 0.4) is 0 Å². The average molecular weight is 329 g/mol. The van der Waals surface area contributed by atoms with Gasteiger partial charge in [0, 0.05) is 24.6 Å². The molecule has 1 aromatic rings. The minimum Gasteiger partial charge on any atom is -0.455 e. The van der Waals surface area contributed by atoms with Gasteiger partial charge >= 0.3 is 5.97 Å². The monoisotopic (exact) mass is 329 g/mol. The van der Waals surface area contributed by atoms with Gasteiger partial charge < -0.3 is 9.64 Å². The molecule has 2 fully saturated rings. The maximum absolute atomic E-state index is 12.3. The summed E-state index contributed by atoms with van der Waals surface area (Å²) in [5.74, 6) is -0.496. The fourth-order valence-corrected chi connectivity index (χ4v) is 3.82. The molecule has 0 aliphatic heterocycles. The van der Waals surface area contributed by atoms with E-state index in [0.29, 0.717) is 18.6 Å². The van der Waals surface area contributed by atoms with Gasteiger partial charge in [-0.1, -0.05) is 24.6 Å². The third kappa shape index (κ3) is 3.50. The largest absolute Gasteiger partial charge is 0.455 e. The minimum absolute atomic E-state index is 0.0118. The predicted molar refractivity (Wildman–Crippen MR) is 89.4 cm³/mol. The quantitative estimate of drug-likeness (QED) is 0.797. The van der Waals surface area contributed by atoms with Crippen LogP contribution in [0.1, 0.15) is 32.1 Å². The lowest BCUT2D eigenvalue weighted by Gasteiger charge is -2.36. The lowest BCUT2D eigenvalue weighted by molar-refractivity contribution is -0.156. The number of nitrogens with zero attached hydrogens (tertiary/aromatic N) is 1. The molecule has 0 heterocycles. The number of carbonyl (C=O) groups excluding carboxylic acids is 3. The van der Waals surface area contributed by atoms with Gasteiger partial charge in [0.2, 0.25) is 0 Å². The molecule has 2 aliphatic rings. The van der Waals surface area contributed by atoms with Crippen LogP contribution in [0.4, 0.5) is 5.69 Å². The minimum atomic E-state index is -0.339. The fourth-order valence-electron chi connectivity index (χ4n) is 3.82. The summed E-state index contributed by atoms with van der Waals surface area (Å²) in [6.45, 7) is -0.260. The van der Waals surface area contributed by atoms with E-state index in [9.17, 15) is 14.4 Å². The molecule has 2 aliphatic carbocycles. The summed E-state index contributed by atoms with van der Waals surface area (Å²) in [6.07, 6.45) is 4.00. The standard InChI is InChI=1S/C19H23NO4/c1-20(16-8-3-2-4-9-16)17(21)12-24-19(23)15-10-13-6-5-7-14(11-15)18(13)22/h2-4,8-9,13-15H,5-7,10-12H2,1H3/t13-,14+,15?. The van der Waals surface area contributed by atoms with Crippen LogP contribution in [0.5, 0.6) is 0 Å². The lowest BCUT2D eigenvalue weighted by atomic mass is 9.67. The summed E-state index contributed by atoms with van der Waals surface area (Å²) in [6, 6.07) is 9.23. The number of rotatable bonds is 4. The van der Waals surface area contributed by atoms with Gasteiger partial charge in [-0.2, -0.15) is 0 Å². The number of hydrogen-bond acceptors (Lipinski definition) is 4. The Morgan fingerprint density at radius 2 is 1.75 bits per heavy atom. The Labute approximate surface area is 142 Å². The molecule has 3 atom stereocenters. The molecule has 5 heteroatoms. The topological polar surface area (TPSA) is 63.7 Å². The second-order valence-corrected chi connectivity index (χ2v) is 6.79. The molecule has 1 aromatic carbocycles. The van der Waals surface area contributed by atoms with Gasteiger partial charge in [-0.25, -0.2) is 0 Å². The Kier molecular flexibility index (Phi) is 4.97. The molecule has 0 saturated heterocycles. The van der Waals surface area contributed by atoms with Crippen molar-refractivity contribution in [1.29, 1.82) is 0 Å². The molecule has 24 heavy (non-hydrogen) atoms. The van der Waals surface area contributed by atoms with E-state index in [2.05, 4.69) is 0 Å². The van der Waals surface area contributed by atoms with Crippen molar-refractivity contribution in [3.8, 4) is 0 Å². The van der Waals surface area contributed by atoms with Gasteiger partial charge in [0.1, 0.15) is 5.78 Å². The molecule has 2 bridgehead atoms. The average Bonchev–Trinajstić information content (AvgIpc) is 2.59. The second kappa shape index (κ2) is 7.16.